The van der Waals surface area contributed by atoms with E-state index < -0.39 is 0 Å². The molecule has 1 aromatic rings. The molecule has 0 heterocycles. The Morgan fingerprint density at radius 1 is 1.07 bits per heavy atom. The highest BCUT2D eigenvalue weighted by Gasteiger charge is 2.03. The fourth-order valence-corrected chi connectivity index (χ4v) is 1.72. The van der Waals surface area contributed by atoms with Crippen LogP contribution in [0.4, 0.5) is 4.39 Å². The van der Waals surface area contributed by atoms with Crippen molar-refractivity contribution in [2.24, 2.45) is 5.92 Å². The van der Waals surface area contributed by atoms with Crippen LogP contribution in [0.15, 0.2) is 24.3 Å². The van der Waals surface area contributed by atoms with E-state index in [0.29, 0.717) is 0 Å². The van der Waals surface area contributed by atoms with E-state index in [1.54, 1.807) is 12.1 Å². The highest BCUT2D eigenvalue weighted by atomic mass is 19.1. The van der Waals surface area contributed by atoms with Crippen LogP contribution in [0.25, 0.3) is 0 Å². The van der Waals surface area contributed by atoms with E-state index in [1.165, 1.54) is 24.8 Å². The predicted molar refractivity (Wildman–Crippen MR) is 65.5 cm³/mol. The van der Waals surface area contributed by atoms with Gasteiger partial charge in [-0.15, -0.1) is 0 Å². The van der Waals surface area contributed by atoms with Crippen molar-refractivity contribution in [2.45, 2.75) is 47.0 Å². The molecule has 0 bridgehead atoms. The van der Waals surface area contributed by atoms with E-state index in [1.807, 2.05) is 12.1 Å². The van der Waals surface area contributed by atoms with Gasteiger partial charge in [-0.05, 0) is 36.5 Å². The Morgan fingerprint density at radius 3 is 2.07 bits per heavy atom. The van der Waals surface area contributed by atoms with Gasteiger partial charge in [0.15, 0.2) is 0 Å². The molecule has 0 saturated carbocycles. The normalized spacial score (nSPS) is 10.1. The van der Waals surface area contributed by atoms with Crippen LogP contribution in [-0.4, -0.2) is 0 Å². The van der Waals surface area contributed by atoms with Crippen molar-refractivity contribution < 1.29 is 4.39 Å². The first-order valence-corrected chi connectivity index (χ1v) is 5.50. The molecule has 0 nitrogen and oxygen atoms in total. The molecule has 0 aliphatic rings. The molecule has 0 aromatic heterocycles. The van der Waals surface area contributed by atoms with Crippen LogP contribution in [0.5, 0.6) is 0 Å². The maximum Gasteiger partial charge on any atom is 0.123 e. The van der Waals surface area contributed by atoms with Gasteiger partial charge in [-0.25, -0.2) is 4.39 Å². The van der Waals surface area contributed by atoms with E-state index in [-0.39, 0.29) is 13.2 Å². The van der Waals surface area contributed by atoms with Crippen LogP contribution >= 0.6 is 0 Å². The molecule has 0 amide bonds. The Hall–Kier alpha value is -0.850. The average molecular weight is 210 g/mol. The fourth-order valence-electron chi connectivity index (χ4n) is 1.72. The molecule has 0 saturated heterocycles. The molecule has 0 aliphatic heterocycles. The van der Waals surface area contributed by atoms with Crippen molar-refractivity contribution in [3.63, 3.8) is 0 Å². The van der Waals surface area contributed by atoms with E-state index in [0.717, 1.165) is 12.3 Å². The third-order valence-corrected chi connectivity index (χ3v) is 2.91. The summed E-state index contributed by atoms with van der Waals surface area (Å²) < 4.78 is 12.6. The van der Waals surface area contributed by atoms with Crippen molar-refractivity contribution in [3.8, 4) is 0 Å². The summed E-state index contributed by atoms with van der Waals surface area (Å²) in [5.74, 6) is 0.677. The lowest BCUT2D eigenvalue weighted by molar-refractivity contribution is 0.456. The van der Waals surface area contributed by atoms with Crippen LogP contribution in [-0.2, 0) is 6.42 Å². The monoisotopic (exact) mass is 210 g/mol. The molecule has 0 spiro atoms. The average Bonchev–Trinajstić information content (AvgIpc) is 2.22. The van der Waals surface area contributed by atoms with Crippen molar-refractivity contribution in [2.75, 3.05) is 0 Å². The van der Waals surface area contributed by atoms with Crippen molar-refractivity contribution >= 4 is 0 Å². The van der Waals surface area contributed by atoms with Crippen molar-refractivity contribution in [1.82, 2.24) is 0 Å². The molecule has 0 unspecified atom stereocenters. The zero-order valence-corrected chi connectivity index (χ0v) is 9.09. The standard InChI is InChI=1S/C13H19F.CH4/c1-3-11(4-2)5-6-12-7-9-13(14)10-8-12;/h7-11H,3-6H2,1-2H3;1H4. The first-order chi connectivity index (χ1) is 6.76. The van der Waals surface area contributed by atoms with Crippen molar-refractivity contribution in [1.29, 1.82) is 0 Å². The Bertz CT molecular complexity index is 247. The van der Waals surface area contributed by atoms with Gasteiger partial charge < -0.3 is 0 Å². The smallest absolute Gasteiger partial charge is 0.123 e. The lowest BCUT2D eigenvalue weighted by atomic mass is 9.95. The molecule has 0 radical (unpaired) electrons. The van der Waals surface area contributed by atoms with Gasteiger partial charge in [0.05, 0.1) is 0 Å². The van der Waals surface area contributed by atoms with Crippen LogP contribution in [0.1, 0.15) is 46.1 Å². The molecular weight excluding hydrogens is 187 g/mol. The predicted octanol–water partition coefficient (Wildman–Crippen LogP) is 4.83. The topological polar surface area (TPSA) is 0 Å². The number of aryl methyl sites for hydroxylation is 1. The number of hydrogen-bond acceptors (Lipinski definition) is 0. The molecule has 15 heavy (non-hydrogen) atoms. The lowest BCUT2D eigenvalue weighted by Gasteiger charge is -2.11. The van der Waals surface area contributed by atoms with Crippen LogP contribution in [0.3, 0.4) is 0 Å². The third-order valence-electron chi connectivity index (χ3n) is 2.91. The van der Waals surface area contributed by atoms with E-state index in [9.17, 15) is 4.39 Å². The lowest BCUT2D eigenvalue weighted by Crippen LogP contribution is -1.99. The maximum absolute atomic E-state index is 12.6. The summed E-state index contributed by atoms with van der Waals surface area (Å²) >= 11 is 0. The van der Waals surface area contributed by atoms with Gasteiger partial charge in [-0.2, -0.15) is 0 Å². The maximum atomic E-state index is 12.6. The largest absolute Gasteiger partial charge is 0.207 e. The minimum absolute atomic E-state index is 0. The van der Waals surface area contributed by atoms with E-state index in [4.69, 9.17) is 0 Å². The number of rotatable bonds is 5. The molecule has 0 fully saturated rings. The second-order valence-corrected chi connectivity index (χ2v) is 3.85. The van der Waals surface area contributed by atoms with Gasteiger partial charge in [-0.3, -0.25) is 0 Å². The molecule has 1 aromatic carbocycles. The van der Waals surface area contributed by atoms with E-state index in [2.05, 4.69) is 13.8 Å². The SMILES string of the molecule is C.CCC(CC)CCc1ccc(F)cc1. The highest BCUT2D eigenvalue weighted by Crippen LogP contribution is 2.16. The molecule has 1 heteroatoms. The fraction of sp³-hybridized carbons (Fsp3) is 0.571. The van der Waals surface area contributed by atoms with Gasteiger partial charge in [0, 0.05) is 0 Å². The first-order valence-electron chi connectivity index (χ1n) is 5.50. The van der Waals surface area contributed by atoms with Crippen LogP contribution in [0.2, 0.25) is 0 Å². The zero-order valence-electron chi connectivity index (χ0n) is 9.09. The van der Waals surface area contributed by atoms with Crippen molar-refractivity contribution in [3.05, 3.63) is 35.6 Å². The molecule has 0 atom stereocenters. The molecule has 1 rings (SSSR count). The number of benzene rings is 1. The second-order valence-electron chi connectivity index (χ2n) is 3.85. The number of hydrogen-bond donors (Lipinski definition) is 0. The molecule has 0 aliphatic carbocycles. The summed E-state index contributed by atoms with van der Waals surface area (Å²) in [4.78, 5) is 0. The van der Waals surface area contributed by atoms with E-state index >= 15 is 0 Å². The summed E-state index contributed by atoms with van der Waals surface area (Å²) in [5.41, 5.74) is 1.25. The Morgan fingerprint density at radius 2 is 1.60 bits per heavy atom. The molecule has 86 valence electrons. The van der Waals surface area contributed by atoms with Crippen LogP contribution in [0, 0.1) is 11.7 Å². The van der Waals surface area contributed by atoms with Gasteiger partial charge in [-0.1, -0.05) is 46.2 Å². The quantitative estimate of drug-likeness (QED) is 0.653. The zero-order chi connectivity index (χ0) is 10.4. The van der Waals surface area contributed by atoms with Gasteiger partial charge in [0.1, 0.15) is 5.82 Å². The molecule has 0 N–H and O–H groups in total. The first kappa shape index (κ1) is 14.2. The summed E-state index contributed by atoms with van der Waals surface area (Å²) in [7, 11) is 0. The highest BCUT2D eigenvalue weighted by molar-refractivity contribution is 5.16. The van der Waals surface area contributed by atoms with Gasteiger partial charge in [0.25, 0.3) is 0 Å². The summed E-state index contributed by atoms with van der Waals surface area (Å²) in [6.07, 6.45) is 4.79. The number of halogens is 1. The third kappa shape index (κ3) is 4.96. The molecular formula is C14H23F. The summed E-state index contributed by atoms with van der Waals surface area (Å²) in [6.45, 7) is 4.47. The Kier molecular flexibility index (Phi) is 7.02. The second kappa shape index (κ2) is 7.44. The Balaban J connectivity index is 0.00000196. The Labute approximate surface area is 93.5 Å². The summed E-state index contributed by atoms with van der Waals surface area (Å²) in [6, 6.07) is 6.86. The minimum atomic E-state index is -0.142. The van der Waals surface area contributed by atoms with Gasteiger partial charge in [0.2, 0.25) is 0 Å². The van der Waals surface area contributed by atoms with Crippen LogP contribution < -0.4 is 0 Å². The van der Waals surface area contributed by atoms with Gasteiger partial charge >= 0.3 is 0 Å². The minimum Gasteiger partial charge on any atom is -0.207 e. The summed E-state index contributed by atoms with van der Waals surface area (Å²) in [5, 5.41) is 0.